The molecule has 0 unspecified atom stereocenters. The Bertz CT molecular complexity index is 1440. The van der Waals surface area contributed by atoms with Gasteiger partial charge < -0.3 is 25.2 Å². The van der Waals surface area contributed by atoms with E-state index in [0.717, 1.165) is 0 Å². The third kappa shape index (κ3) is 5.86. The number of rotatable bonds is 7. The van der Waals surface area contributed by atoms with Gasteiger partial charge in [-0.3, -0.25) is 9.59 Å². The van der Waals surface area contributed by atoms with Crippen LogP contribution in [-0.4, -0.2) is 46.0 Å². The first-order valence-corrected chi connectivity index (χ1v) is 12.8. The summed E-state index contributed by atoms with van der Waals surface area (Å²) < 4.78 is 52.3. The molecule has 2 aliphatic carbocycles. The number of methoxy groups -OCH3 is 1. The van der Waals surface area contributed by atoms with E-state index in [4.69, 9.17) is 9.47 Å². The molecule has 0 aliphatic heterocycles. The number of aliphatic hydroxyl groups is 1. The smallest absolute Gasteiger partial charge is 0.423 e. The van der Waals surface area contributed by atoms with E-state index in [1.54, 1.807) is 12.1 Å². The lowest BCUT2D eigenvalue weighted by Gasteiger charge is -2.26. The number of aryl methyl sites for hydroxylation is 1. The highest BCUT2D eigenvalue weighted by Gasteiger charge is 2.37. The number of amides is 1. The first-order valence-electron chi connectivity index (χ1n) is 12.8. The summed E-state index contributed by atoms with van der Waals surface area (Å²) in [7, 11) is 1.39. The monoisotopic (exact) mass is 556 g/mol. The number of hydrogen-bond donors (Lipinski definition) is 3. The highest BCUT2D eigenvalue weighted by atomic mass is 19.4. The molecule has 0 radical (unpaired) electrons. The number of nitrogens with zero attached hydrogens (tertiary/aromatic N) is 2. The Hall–Kier alpha value is -4.19. The van der Waals surface area contributed by atoms with Gasteiger partial charge >= 0.3 is 6.18 Å². The summed E-state index contributed by atoms with van der Waals surface area (Å²) in [5, 5.41) is 15.4. The number of halogens is 3. The topological polar surface area (TPSA) is 123 Å². The van der Waals surface area contributed by atoms with E-state index in [1.807, 2.05) is 0 Å². The van der Waals surface area contributed by atoms with E-state index >= 15 is 0 Å². The molecule has 12 heteroatoms. The zero-order chi connectivity index (χ0) is 28.4. The Morgan fingerprint density at radius 2 is 1.85 bits per heavy atom. The number of alkyl halides is 3. The number of nitrogens with one attached hydrogen (secondary N) is 2. The van der Waals surface area contributed by atoms with Crippen molar-refractivity contribution in [2.45, 2.75) is 56.8 Å². The fraction of sp³-hybridized carbons (Fsp3) is 0.357. The van der Waals surface area contributed by atoms with Gasteiger partial charge in [0.25, 0.3) is 5.91 Å². The maximum absolute atomic E-state index is 13.8. The van der Waals surface area contributed by atoms with Crippen LogP contribution in [0.15, 0.2) is 42.6 Å². The van der Waals surface area contributed by atoms with Crippen LogP contribution in [0.25, 0.3) is 0 Å². The van der Waals surface area contributed by atoms with Gasteiger partial charge in [0.2, 0.25) is 11.8 Å². The fourth-order valence-electron chi connectivity index (χ4n) is 4.91. The number of benzene rings is 2. The summed E-state index contributed by atoms with van der Waals surface area (Å²) in [6, 6.07) is 9.30. The van der Waals surface area contributed by atoms with Crippen molar-refractivity contribution in [3.63, 3.8) is 0 Å². The Balaban J connectivity index is 1.39. The SMILES string of the molecule is COc1cc(C(=O)N[C@H]2CC[C@H](O)CC2)ccc1Nc1ncc(C(F)(F)F)c(Oc2cccc3c2C(=O)CC3)n1. The molecular weight excluding hydrogens is 529 g/mol. The number of Topliss-reactive ketones (excluding diaryl/α,β-unsaturated/α-hetero) is 1. The largest absolute Gasteiger partial charge is 0.495 e. The van der Waals surface area contributed by atoms with Gasteiger partial charge in [-0.25, -0.2) is 4.98 Å². The molecule has 0 saturated heterocycles. The molecule has 0 bridgehead atoms. The Labute approximate surface area is 227 Å². The third-order valence-electron chi connectivity index (χ3n) is 7.02. The molecule has 1 heterocycles. The lowest BCUT2D eigenvalue weighted by Crippen LogP contribution is -2.38. The van der Waals surface area contributed by atoms with Crippen LogP contribution in [0, 0.1) is 0 Å². The van der Waals surface area contributed by atoms with E-state index in [0.29, 0.717) is 55.1 Å². The van der Waals surface area contributed by atoms with E-state index in [9.17, 15) is 27.9 Å². The normalized spacial score (nSPS) is 18.7. The van der Waals surface area contributed by atoms with Crippen molar-refractivity contribution >= 4 is 23.3 Å². The number of ketones is 1. The lowest BCUT2D eigenvalue weighted by atomic mass is 9.93. The van der Waals surface area contributed by atoms with Crippen LogP contribution in [0.3, 0.4) is 0 Å². The van der Waals surface area contributed by atoms with Crippen LogP contribution in [0.2, 0.25) is 0 Å². The summed E-state index contributed by atoms with van der Waals surface area (Å²) in [5.41, 5.74) is 0.396. The summed E-state index contributed by atoms with van der Waals surface area (Å²) in [4.78, 5) is 32.9. The van der Waals surface area contributed by atoms with Crippen molar-refractivity contribution in [1.29, 1.82) is 0 Å². The van der Waals surface area contributed by atoms with Crippen LogP contribution in [-0.2, 0) is 12.6 Å². The van der Waals surface area contributed by atoms with Gasteiger partial charge in [0.15, 0.2) is 5.78 Å². The molecule has 1 saturated carbocycles. The van der Waals surface area contributed by atoms with Crippen molar-refractivity contribution in [2.24, 2.45) is 0 Å². The van der Waals surface area contributed by atoms with Crippen LogP contribution < -0.4 is 20.1 Å². The Morgan fingerprint density at radius 1 is 1.07 bits per heavy atom. The molecule has 2 aliphatic rings. The number of aromatic nitrogens is 2. The summed E-state index contributed by atoms with van der Waals surface area (Å²) >= 11 is 0. The van der Waals surface area contributed by atoms with Crippen molar-refractivity contribution in [1.82, 2.24) is 15.3 Å². The average Bonchev–Trinajstić information content (AvgIpc) is 3.31. The first-order chi connectivity index (χ1) is 19.1. The molecule has 3 N–H and O–H groups in total. The van der Waals surface area contributed by atoms with Gasteiger partial charge in [0, 0.05) is 24.2 Å². The minimum atomic E-state index is -4.81. The van der Waals surface area contributed by atoms with Crippen molar-refractivity contribution in [3.8, 4) is 17.4 Å². The number of carbonyl (C=O) groups excluding carboxylic acids is 2. The predicted octanol–water partition coefficient (Wildman–Crippen LogP) is 5.20. The standard InChI is InChI=1S/C28H27F3N4O5/c1-39-23-13-16(25(38)33-17-7-9-18(36)10-8-17)5-11-20(23)34-27-32-14-19(28(29,30)31)26(35-27)40-22-4-2-3-15-6-12-21(37)24(15)22/h2-5,11,13-14,17-18,36H,6-10,12H2,1H3,(H,33,38)(H,32,34,35)/t17-,18-. The number of ether oxygens (including phenoxy) is 2. The van der Waals surface area contributed by atoms with Gasteiger partial charge in [-0.05, 0) is 61.9 Å². The van der Waals surface area contributed by atoms with E-state index in [1.165, 1.54) is 31.4 Å². The average molecular weight is 557 g/mol. The van der Waals surface area contributed by atoms with Crippen molar-refractivity contribution in [2.75, 3.05) is 12.4 Å². The zero-order valence-electron chi connectivity index (χ0n) is 21.5. The number of hydrogen-bond acceptors (Lipinski definition) is 8. The molecule has 210 valence electrons. The minimum absolute atomic E-state index is 0.00410. The number of fused-ring (bicyclic) bond motifs is 1. The van der Waals surface area contributed by atoms with E-state index in [2.05, 4.69) is 20.6 Å². The quantitative estimate of drug-likeness (QED) is 0.363. The second-order valence-corrected chi connectivity index (χ2v) is 9.74. The van der Waals surface area contributed by atoms with Gasteiger partial charge in [-0.1, -0.05) is 12.1 Å². The summed E-state index contributed by atoms with van der Waals surface area (Å²) in [6.45, 7) is 0. The minimum Gasteiger partial charge on any atom is -0.495 e. The van der Waals surface area contributed by atoms with Crippen LogP contribution in [0.1, 0.15) is 63.9 Å². The molecule has 9 nitrogen and oxygen atoms in total. The number of anilines is 2. The van der Waals surface area contributed by atoms with Crippen LogP contribution in [0.4, 0.5) is 24.8 Å². The summed E-state index contributed by atoms with van der Waals surface area (Å²) in [6.07, 6.45) is -1.18. The molecule has 2 aromatic carbocycles. The lowest BCUT2D eigenvalue weighted by molar-refractivity contribution is -0.139. The molecule has 40 heavy (non-hydrogen) atoms. The van der Waals surface area contributed by atoms with E-state index < -0.39 is 17.6 Å². The molecule has 1 amide bonds. The molecule has 0 spiro atoms. The van der Waals surface area contributed by atoms with Crippen LogP contribution in [0.5, 0.6) is 17.4 Å². The highest BCUT2D eigenvalue weighted by Crippen LogP contribution is 2.40. The fourth-order valence-corrected chi connectivity index (χ4v) is 4.91. The maximum atomic E-state index is 13.8. The van der Waals surface area contributed by atoms with E-state index in [-0.39, 0.29) is 53.3 Å². The molecule has 0 atom stereocenters. The predicted molar refractivity (Wildman–Crippen MR) is 138 cm³/mol. The highest BCUT2D eigenvalue weighted by molar-refractivity contribution is 6.03. The molecular formula is C28H27F3N4O5. The zero-order valence-corrected chi connectivity index (χ0v) is 21.5. The number of carbonyl (C=O) groups is 2. The number of aliphatic hydroxyl groups excluding tert-OH is 1. The summed E-state index contributed by atoms with van der Waals surface area (Å²) in [5.74, 6) is -1.25. The molecule has 5 rings (SSSR count). The second kappa shape index (κ2) is 11.1. The first kappa shape index (κ1) is 27.4. The van der Waals surface area contributed by atoms with Gasteiger partial charge in [-0.15, -0.1) is 0 Å². The van der Waals surface area contributed by atoms with Crippen LogP contribution >= 0.6 is 0 Å². The Kier molecular flexibility index (Phi) is 7.61. The van der Waals surface area contributed by atoms with Crippen molar-refractivity contribution in [3.05, 3.63) is 64.8 Å². The molecule has 3 aromatic rings. The third-order valence-corrected chi connectivity index (χ3v) is 7.02. The Morgan fingerprint density at radius 3 is 2.58 bits per heavy atom. The second-order valence-electron chi connectivity index (χ2n) is 9.74. The molecule has 1 fully saturated rings. The maximum Gasteiger partial charge on any atom is 0.423 e. The van der Waals surface area contributed by atoms with Gasteiger partial charge in [-0.2, -0.15) is 18.2 Å². The molecule has 1 aromatic heterocycles. The van der Waals surface area contributed by atoms with Gasteiger partial charge in [0.05, 0.1) is 24.5 Å². The van der Waals surface area contributed by atoms with Gasteiger partial charge in [0.1, 0.15) is 17.1 Å². The van der Waals surface area contributed by atoms with Crippen molar-refractivity contribution < 1.29 is 37.3 Å².